The summed E-state index contributed by atoms with van der Waals surface area (Å²) in [5, 5.41) is 14.5. The van der Waals surface area contributed by atoms with Crippen LogP contribution in [0.3, 0.4) is 0 Å². The standard InChI is InChI=1S/C21H22N2O5/c1-4-5-10-27-16-8-9-19-17(12-16)20(14(3)28-19)21(24)22-15-7-6-13(2)18(11-15)23(25)26/h6-9,11-12H,4-5,10H2,1-3H3,(H,22,24). The molecule has 0 spiro atoms. The highest BCUT2D eigenvalue weighted by molar-refractivity contribution is 6.13. The highest BCUT2D eigenvalue weighted by atomic mass is 16.6. The number of hydrogen-bond acceptors (Lipinski definition) is 5. The molecule has 1 aromatic heterocycles. The number of anilines is 1. The van der Waals surface area contributed by atoms with E-state index in [1.807, 2.05) is 6.07 Å². The van der Waals surface area contributed by atoms with E-state index in [-0.39, 0.29) is 11.6 Å². The van der Waals surface area contributed by atoms with Crippen molar-refractivity contribution in [1.82, 2.24) is 0 Å². The van der Waals surface area contributed by atoms with Crippen molar-refractivity contribution in [3.63, 3.8) is 0 Å². The monoisotopic (exact) mass is 382 g/mol. The number of carbonyl (C=O) groups excluding carboxylic acids is 1. The summed E-state index contributed by atoms with van der Waals surface area (Å²) in [4.78, 5) is 23.5. The predicted octanol–water partition coefficient (Wildman–Crippen LogP) is 5.39. The molecule has 28 heavy (non-hydrogen) atoms. The van der Waals surface area contributed by atoms with Crippen molar-refractivity contribution < 1.29 is 18.9 Å². The van der Waals surface area contributed by atoms with Crippen LogP contribution in [0.2, 0.25) is 0 Å². The van der Waals surface area contributed by atoms with E-state index < -0.39 is 4.92 Å². The highest BCUT2D eigenvalue weighted by Gasteiger charge is 2.20. The summed E-state index contributed by atoms with van der Waals surface area (Å²) >= 11 is 0. The molecule has 0 unspecified atom stereocenters. The smallest absolute Gasteiger partial charge is 0.274 e. The highest BCUT2D eigenvalue weighted by Crippen LogP contribution is 2.30. The molecule has 0 bridgehead atoms. The minimum Gasteiger partial charge on any atom is -0.494 e. The van der Waals surface area contributed by atoms with E-state index >= 15 is 0 Å². The fourth-order valence-electron chi connectivity index (χ4n) is 2.98. The third-order valence-corrected chi connectivity index (χ3v) is 4.49. The van der Waals surface area contributed by atoms with Gasteiger partial charge in [0, 0.05) is 22.7 Å². The molecule has 0 aliphatic rings. The zero-order chi connectivity index (χ0) is 20.3. The van der Waals surface area contributed by atoms with Gasteiger partial charge in [0.25, 0.3) is 11.6 Å². The second-order valence-corrected chi connectivity index (χ2v) is 6.61. The van der Waals surface area contributed by atoms with E-state index in [4.69, 9.17) is 9.15 Å². The average Bonchev–Trinajstić information content (AvgIpc) is 2.98. The Labute approximate surface area is 162 Å². The lowest BCUT2D eigenvalue weighted by Crippen LogP contribution is -2.13. The number of hydrogen-bond donors (Lipinski definition) is 1. The summed E-state index contributed by atoms with van der Waals surface area (Å²) < 4.78 is 11.4. The van der Waals surface area contributed by atoms with Gasteiger partial charge in [0.05, 0.1) is 17.1 Å². The fourth-order valence-corrected chi connectivity index (χ4v) is 2.98. The van der Waals surface area contributed by atoms with Crippen LogP contribution in [0.25, 0.3) is 11.0 Å². The lowest BCUT2D eigenvalue weighted by molar-refractivity contribution is -0.385. The molecule has 1 amide bonds. The molecular weight excluding hydrogens is 360 g/mol. The van der Waals surface area contributed by atoms with Crippen LogP contribution in [0.15, 0.2) is 40.8 Å². The molecular formula is C21H22N2O5. The number of fused-ring (bicyclic) bond motifs is 1. The summed E-state index contributed by atoms with van der Waals surface area (Å²) in [6.07, 6.45) is 1.98. The number of aryl methyl sites for hydroxylation is 2. The Morgan fingerprint density at radius 3 is 2.71 bits per heavy atom. The number of rotatable bonds is 7. The molecule has 1 heterocycles. The third-order valence-electron chi connectivity index (χ3n) is 4.49. The van der Waals surface area contributed by atoms with Crippen molar-refractivity contribution in [2.24, 2.45) is 0 Å². The molecule has 0 radical (unpaired) electrons. The molecule has 0 saturated carbocycles. The van der Waals surface area contributed by atoms with Gasteiger partial charge in [-0.2, -0.15) is 0 Å². The molecule has 1 N–H and O–H groups in total. The predicted molar refractivity (Wildman–Crippen MR) is 107 cm³/mol. The zero-order valence-electron chi connectivity index (χ0n) is 16.1. The van der Waals surface area contributed by atoms with Gasteiger partial charge in [-0.1, -0.05) is 19.4 Å². The molecule has 3 aromatic rings. The Balaban J connectivity index is 1.90. The summed E-state index contributed by atoms with van der Waals surface area (Å²) in [6.45, 7) is 6.05. The van der Waals surface area contributed by atoms with E-state index in [2.05, 4.69) is 12.2 Å². The summed E-state index contributed by atoms with van der Waals surface area (Å²) in [7, 11) is 0. The quantitative estimate of drug-likeness (QED) is 0.336. The molecule has 0 fully saturated rings. The van der Waals surface area contributed by atoms with Crippen molar-refractivity contribution in [2.75, 3.05) is 11.9 Å². The number of nitrogens with zero attached hydrogens (tertiary/aromatic N) is 1. The third kappa shape index (κ3) is 3.98. The van der Waals surface area contributed by atoms with Crippen molar-refractivity contribution in [3.8, 4) is 5.75 Å². The summed E-state index contributed by atoms with van der Waals surface area (Å²) in [5.74, 6) is 0.752. The minimum atomic E-state index is -0.469. The van der Waals surface area contributed by atoms with Crippen molar-refractivity contribution in [2.45, 2.75) is 33.6 Å². The van der Waals surface area contributed by atoms with Gasteiger partial charge in [0.2, 0.25) is 0 Å². The Kier molecular flexibility index (Phi) is 5.63. The molecule has 2 aromatic carbocycles. The Bertz CT molecular complexity index is 1040. The minimum absolute atomic E-state index is 0.0433. The summed E-state index contributed by atoms with van der Waals surface area (Å²) in [5.41, 5.74) is 1.81. The van der Waals surface area contributed by atoms with Crippen LogP contribution in [0.5, 0.6) is 5.75 Å². The summed E-state index contributed by atoms with van der Waals surface area (Å²) in [6, 6.07) is 9.96. The zero-order valence-corrected chi connectivity index (χ0v) is 16.1. The number of unbranched alkanes of at least 4 members (excludes halogenated alkanes) is 1. The maximum Gasteiger partial charge on any atom is 0.274 e. The number of carbonyl (C=O) groups is 1. The van der Waals surface area contributed by atoms with Gasteiger partial charge in [-0.3, -0.25) is 14.9 Å². The fraction of sp³-hybridized carbons (Fsp3) is 0.286. The number of amides is 1. The number of benzene rings is 2. The van der Waals surface area contributed by atoms with Gasteiger partial charge in [0.1, 0.15) is 17.1 Å². The van der Waals surface area contributed by atoms with E-state index in [9.17, 15) is 14.9 Å². The van der Waals surface area contributed by atoms with Crippen molar-refractivity contribution in [1.29, 1.82) is 0 Å². The number of nitrogens with one attached hydrogen (secondary N) is 1. The largest absolute Gasteiger partial charge is 0.494 e. The Morgan fingerprint density at radius 2 is 2.00 bits per heavy atom. The normalized spacial score (nSPS) is 10.8. The molecule has 0 aliphatic heterocycles. The van der Waals surface area contributed by atoms with E-state index in [0.717, 1.165) is 12.8 Å². The van der Waals surface area contributed by atoms with Crippen LogP contribution in [-0.4, -0.2) is 17.4 Å². The SMILES string of the molecule is CCCCOc1ccc2oc(C)c(C(=O)Nc3ccc(C)c([N+](=O)[O-])c3)c2c1. The van der Waals surface area contributed by atoms with Crippen LogP contribution >= 0.6 is 0 Å². The topological polar surface area (TPSA) is 94.6 Å². The Hall–Kier alpha value is -3.35. The van der Waals surface area contributed by atoms with Gasteiger partial charge in [-0.25, -0.2) is 0 Å². The first-order valence-corrected chi connectivity index (χ1v) is 9.13. The van der Waals surface area contributed by atoms with E-state index in [0.29, 0.717) is 45.9 Å². The first-order chi connectivity index (χ1) is 13.4. The molecule has 0 saturated heterocycles. The molecule has 7 heteroatoms. The maximum atomic E-state index is 12.9. The van der Waals surface area contributed by atoms with Gasteiger partial charge in [-0.05, 0) is 44.5 Å². The first-order valence-electron chi connectivity index (χ1n) is 9.13. The van der Waals surface area contributed by atoms with Gasteiger partial charge in [0.15, 0.2) is 0 Å². The van der Waals surface area contributed by atoms with Gasteiger partial charge in [-0.15, -0.1) is 0 Å². The lowest BCUT2D eigenvalue weighted by atomic mass is 10.1. The molecule has 0 aliphatic carbocycles. The van der Waals surface area contributed by atoms with Gasteiger partial charge < -0.3 is 14.5 Å². The van der Waals surface area contributed by atoms with Gasteiger partial charge >= 0.3 is 0 Å². The number of ether oxygens (including phenoxy) is 1. The van der Waals surface area contributed by atoms with Crippen molar-refractivity contribution >= 4 is 28.3 Å². The number of nitro benzene ring substituents is 1. The first kappa shape index (κ1) is 19.4. The van der Waals surface area contributed by atoms with E-state index in [1.54, 1.807) is 38.1 Å². The van der Waals surface area contributed by atoms with E-state index in [1.165, 1.54) is 6.07 Å². The molecule has 0 atom stereocenters. The molecule has 7 nitrogen and oxygen atoms in total. The van der Waals surface area contributed by atoms with Crippen LogP contribution in [0.1, 0.15) is 41.4 Å². The molecule has 146 valence electrons. The average molecular weight is 382 g/mol. The number of furan rings is 1. The molecule has 3 rings (SSSR count). The van der Waals surface area contributed by atoms with Crippen LogP contribution in [0, 0.1) is 24.0 Å². The van der Waals surface area contributed by atoms with Crippen LogP contribution in [0.4, 0.5) is 11.4 Å². The number of nitro groups is 1. The van der Waals surface area contributed by atoms with Crippen LogP contribution < -0.4 is 10.1 Å². The maximum absolute atomic E-state index is 12.9. The Morgan fingerprint density at radius 1 is 1.21 bits per heavy atom. The second kappa shape index (κ2) is 8.12. The van der Waals surface area contributed by atoms with Crippen molar-refractivity contribution in [3.05, 3.63) is 63.4 Å². The van der Waals surface area contributed by atoms with Crippen LogP contribution in [-0.2, 0) is 0 Å². The second-order valence-electron chi connectivity index (χ2n) is 6.61. The lowest BCUT2D eigenvalue weighted by Gasteiger charge is -2.07.